The van der Waals surface area contributed by atoms with E-state index in [9.17, 15) is 39.6 Å². The molecule has 59 heavy (non-hydrogen) atoms. The van der Waals surface area contributed by atoms with Crippen LogP contribution in [0.25, 0.3) is 0 Å². The Balaban J connectivity index is 1.36. The van der Waals surface area contributed by atoms with Gasteiger partial charge in [0.15, 0.2) is 0 Å². The first-order chi connectivity index (χ1) is 27.9. The van der Waals surface area contributed by atoms with Crippen molar-refractivity contribution < 1.29 is 58.6 Å². The van der Waals surface area contributed by atoms with E-state index in [2.05, 4.69) is 5.32 Å². The predicted octanol–water partition coefficient (Wildman–Crippen LogP) is 3.69. The second kappa shape index (κ2) is 15.7. The zero-order valence-corrected chi connectivity index (χ0v) is 35.1. The summed E-state index contributed by atoms with van der Waals surface area (Å²) in [6.07, 6.45) is -8.66. The molecule has 0 radical (unpaired) electrons. The van der Waals surface area contributed by atoms with Crippen molar-refractivity contribution in [2.75, 3.05) is 0 Å². The monoisotopic (exact) mass is 875 g/mol. The van der Waals surface area contributed by atoms with Crippen molar-refractivity contribution >= 4 is 44.6 Å². The van der Waals surface area contributed by atoms with Crippen LogP contribution in [0.4, 0.5) is 0 Å². The Morgan fingerprint density at radius 1 is 0.847 bits per heavy atom. The normalized spacial score (nSPS) is 33.0. The summed E-state index contributed by atoms with van der Waals surface area (Å²) in [6, 6.07) is 23.3. The molecule has 3 aliphatic carbocycles. The number of amides is 1. The van der Waals surface area contributed by atoms with Gasteiger partial charge in [-0.05, 0) is 12.1 Å². The van der Waals surface area contributed by atoms with Crippen LogP contribution in [0.15, 0.2) is 102 Å². The van der Waals surface area contributed by atoms with Crippen molar-refractivity contribution in [3.63, 3.8) is 0 Å². The first kappa shape index (κ1) is 42.4. The van der Waals surface area contributed by atoms with E-state index >= 15 is 4.79 Å². The summed E-state index contributed by atoms with van der Waals surface area (Å²) in [5.41, 5.74) is -6.42. The van der Waals surface area contributed by atoms with Crippen molar-refractivity contribution in [2.24, 2.45) is 16.7 Å². The van der Waals surface area contributed by atoms with Crippen LogP contribution < -0.4 is 5.32 Å². The van der Waals surface area contributed by atoms with E-state index in [1.807, 2.05) is 0 Å². The van der Waals surface area contributed by atoms with Crippen LogP contribution in [0.5, 0.6) is 0 Å². The van der Waals surface area contributed by atoms with Crippen LogP contribution in [-0.2, 0) is 28.6 Å². The molecule has 1 amide bonds. The summed E-state index contributed by atoms with van der Waals surface area (Å²) in [4.78, 5) is 69.4. The fourth-order valence-electron chi connectivity index (χ4n) is 9.78. The molecule has 13 nitrogen and oxygen atoms in total. The molecule has 3 fully saturated rings. The van der Waals surface area contributed by atoms with Crippen molar-refractivity contribution in [3.05, 3.63) is 119 Å². The van der Waals surface area contributed by atoms with E-state index in [0.29, 0.717) is 5.56 Å². The quantitative estimate of drug-likeness (QED) is 0.0904. The van der Waals surface area contributed by atoms with Crippen LogP contribution in [0.2, 0.25) is 10.1 Å². The first-order valence-electron chi connectivity index (χ1n) is 19.6. The van der Waals surface area contributed by atoms with Crippen LogP contribution in [-0.4, -0.2) is 107 Å². The van der Waals surface area contributed by atoms with Crippen LogP contribution in [0.1, 0.15) is 79.8 Å². The molecule has 0 aromatic heterocycles. The Hall–Kier alpha value is -4.69. The third kappa shape index (κ3) is 7.03. The van der Waals surface area contributed by atoms with Crippen molar-refractivity contribution in [1.82, 2.24) is 5.32 Å². The number of esters is 3. The molecule has 312 valence electrons. The van der Waals surface area contributed by atoms with Gasteiger partial charge in [-0.25, -0.2) is 0 Å². The standard InChI is InChI=1S/C45H49NO12Se/c1-24-29(57-41(53)34(49)33(26-15-9-6-10-16-26)46-39(51)27-17-11-7-12-18-27)22-45(55)38(58-40(52)28-19-13-8-14-20-28)36-43(5,30(48)21-31-44(36,54)23-59-31)37(50)35(56-25(2)47)32(24)42(45,3)4/h6-20,29-31,33-36,38,48-49,54-55H,21-23H2,1-5H3,(H,46,51)/t29-,30-,31+,33-,34+,35+,36-,38-,43+,44-,45+/m0/s1. The number of nitrogens with one attached hydrogen (secondary N) is 1. The fraction of sp³-hybridized carbons (Fsp3) is 0.444. The summed E-state index contributed by atoms with van der Waals surface area (Å²) >= 11 is -0.155. The summed E-state index contributed by atoms with van der Waals surface area (Å²) in [6.45, 7) is 7.33. The summed E-state index contributed by atoms with van der Waals surface area (Å²) in [5.74, 6) is -5.67. The molecule has 1 saturated heterocycles. The topological polar surface area (TPSA) is 206 Å². The van der Waals surface area contributed by atoms with Gasteiger partial charge in [-0.2, -0.15) is 0 Å². The third-order valence-corrected chi connectivity index (χ3v) is 16.6. The predicted molar refractivity (Wildman–Crippen MR) is 213 cm³/mol. The summed E-state index contributed by atoms with van der Waals surface area (Å²) in [7, 11) is 0. The maximum absolute atomic E-state index is 15.3. The van der Waals surface area contributed by atoms with E-state index < -0.39 is 105 Å². The van der Waals surface area contributed by atoms with Gasteiger partial charge in [0, 0.05) is 5.56 Å². The number of benzene rings is 3. The molecule has 1 aliphatic heterocycles. The number of ether oxygens (including phenoxy) is 3. The van der Waals surface area contributed by atoms with E-state index in [4.69, 9.17) is 14.2 Å². The SMILES string of the molecule is CC(=O)O[C@H]1C(=O)[C@@]2(C)[C@H]([C@H](OC(=O)c3ccccc3)[C@]3(O)C[C@H](OC(=O)[C@H](O)[C@@H](NC(=O)c4ccccc4)c4ccccc4)C(C)=C1C3(C)C)[C@]1(O)C[Se][C@@H]1C[C@@H]2O. The van der Waals surface area contributed by atoms with E-state index in [-0.39, 0.29) is 49.0 Å². The Morgan fingerprint density at radius 3 is 1.98 bits per heavy atom. The number of Topliss-reactive ketones (excluding diaryl/α,β-unsaturated/α-hetero) is 1. The van der Waals surface area contributed by atoms with Gasteiger partial charge in [-0.15, -0.1) is 0 Å². The average molecular weight is 875 g/mol. The molecule has 1 heterocycles. The Labute approximate surface area is 348 Å². The third-order valence-electron chi connectivity index (χ3n) is 13.2. The van der Waals surface area contributed by atoms with E-state index in [1.54, 1.807) is 99.6 Å². The van der Waals surface area contributed by atoms with Gasteiger partial charge in [0.25, 0.3) is 5.91 Å². The minimum absolute atomic E-state index is 0.0512. The fourth-order valence-corrected chi connectivity index (χ4v) is 12.7. The van der Waals surface area contributed by atoms with Gasteiger partial charge < -0.3 is 0 Å². The zero-order chi connectivity index (χ0) is 42.7. The van der Waals surface area contributed by atoms with Gasteiger partial charge in [0.1, 0.15) is 0 Å². The molecule has 7 rings (SSSR count). The second-order valence-corrected chi connectivity index (χ2v) is 19.3. The number of aliphatic hydroxyl groups is 4. The van der Waals surface area contributed by atoms with Gasteiger partial charge in [0.05, 0.1) is 0 Å². The van der Waals surface area contributed by atoms with Gasteiger partial charge in [-0.3, -0.25) is 4.79 Å². The molecule has 2 saturated carbocycles. The number of aliphatic hydroxyl groups excluding tert-OH is 2. The number of carbonyl (C=O) groups excluding carboxylic acids is 5. The molecule has 0 unspecified atom stereocenters. The van der Waals surface area contributed by atoms with Gasteiger partial charge in [-0.1, -0.05) is 48.5 Å². The number of carbonyl (C=O) groups is 5. The maximum atomic E-state index is 15.3. The van der Waals surface area contributed by atoms with Crippen molar-refractivity contribution in [2.45, 2.75) is 105 Å². The number of ketones is 1. The molecule has 3 aromatic carbocycles. The van der Waals surface area contributed by atoms with Crippen LogP contribution in [0.3, 0.4) is 0 Å². The second-order valence-electron chi connectivity index (χ2n) is 16.8. The van der Waals surface area contributed by atoms with E-state index in [1.165, 1.54) is 19.1 Å². The number of fused-ring (bicyclic) bond motifs is 5. The molecule has 0 spiro atoms. The van der Waals surface area contributed by atoms with Crippen LogP contribution in [0, 0.1) is 16.7 Å². The molecular formula is C45H49NO12Se. The molecule has 2 bridgehead atoms. The molecule has 14 heteroatoms. The van der Waals surface area contributed by atoms with E-state index in [0.717, 1.165) is 6.92 Å². The first-order valence-corrected chi connectivity index (χ1v) is 21.8. The molecule has 11 atom stereocenters. The number of rotatable bonds is 9. The molecule has 5 N–H and O–H groups in total. The zero-order valence-electron chi connectivity index (χ0n) is 33.4. The molecular weight excluding hydrogens is 825 g/mol. The minimum atomic E-state index is -2.28. The van der Waals surface area contributed by atoms with Gasteiger partial charge in [0.2, 0.25) is 0 Å². The Bertz CT molecular complexity index is 2160. The average Bonchev–Trinajstić information content (AvgIpc) is 3.21. The van der Waals surface area contributed by atoms with Crippen molar-refractivity contribution in [1.29, 1.82) is 0 Å². The number of hydrogen-bond acceptors (Lipinski definition) is 12. The molecule has 4 aliphatic rings. The van der Waals surface area contributed by atoms with Crippen molar-refractivity contribution in [3.8, 4) is 0 Å². The number of hydrogen-bond donors (Lipinski definition) is 5. The molecule has 3 aromatic rings. The van der Waals surface area contributed by atoms with Gasteiger partial charge >= 0.3 is 272 Å². The Morgan fingerprint density at radius 2 is 1.42 bits per heavy atom. The Kier molecular flexibility index (Phi) is 11.3. The van der Waals surface area contributed by atoms with Crippen LogP contribution >= 0.6 is 0 Å². The summed E-state index contributed by atoms with van der Waals surface area (Å²) in [5, 5.41) is 52.7. The summed E-state index contributed by atoms with van der Waals surface area (Å²) < 4.78 is 18.3.